The van der Waals surface area contributed by atoms with Gasteiger partial charge in [-0.25, -0.2) is 0 Å². The number of hydrogen-bond donors (Lipinski definition) is 3. The van der Waals surface area contributed by atoms with Crippen LogP contribution in [-0.2, 0) is 22.4 Å². The average molecular weight is 521 g/mol. The van der Waals surface area contributed by atoms with Gasteiger partial charge in [-0.1, -0.05) is 32.1 Å². The molecule has 0 bridgehead atoms. The number of fused-ring (bicyclic) bond motifs is 2. The highest BCUT2D eigenvalue weighted by Gasteiger charge is 2.46. The number of carbonyl (C=O) groups is 3. The van der Waals surface area contributed by atoms with Crippen molar-refractivity contribution in [1.82, 2.24) is 0 Å². The summed E-state index contributed by atoms with van der Waals surface area (Å²) in [7, 11) is 0. The highest BCUT2D eigenvalue weighted by atomic mass is 16.3. The average Bonchev–Trinajstić information content (AvgIpc) is 3.40. The van der Waals surface area contributed by atoms with Crippen LogP contribution < -0.4 is 0 Å². The number of rotatable bonds is 8. The van der Waals surface area contributed by atoms with Gasteiger partial charge >= 0.3 is 0 Å². The minimum absolute atomic E-state index is 0.0364. The number of phenols is 1. The van der Waals surface area contributed by atoms with E-state index >= 15 is 0 Å². The highest BCUT2D eigenvalue weighted by molar-refractivity contribution is 6.15. The molecule has 3 unspecified atom stereocenters. The molecule has 7 heteroatoms. The lowest BCUT2D eigenvalue weighted by Gasteiger charge is -2.39. The summed E-state index contributed by atoms with van der Waals surface area (Å²) >= 11 is 0. The van der Waals surface area contributed by atoms with E-state index in [4.69, 9.17) is 4.42 Å². The van der Waals surface area contributed by atoms with Crippen molar-refractivity contribution in [2.24, 2.45) is 23.7 Å². The van der Waals surface area contributed by atoms with Crippen molar-refractivity contribution in [2.45, 2.75) is 71.1 Å². The van der Waals surface area contributed by atoms with Gasteiger partial charge in [0.15, 0.2) is 11.6 Å². The number of ketones is 3. The van der Waals surface area contributed by atoms with E-state index in [1.165, 1.54) is 13.3 Å². The molecule has 1 heterocycles. The summed E-state index contributed by atoms with van der Waals surface area (Å²) in [5, 5.41) is 32.5. The van der Waals surface area contributed by atoms with E-state index in [1.54, 1.807) is 12.5 Å². The van der Waals surface area contributed by atoms with Gasteiger partial charge in [-0.2, -0.15) is 0 Å². The fourth-order valence-electron chi connectivity index (χ4n) is 7.07. The number of carbonyl (C=O) groups excluding carboxylic acids is 3. The first-order valence-electron chi connectivity index (χ1n) is 13.8. The Kier molecular flexibility index (Phi) is 7.57. The minimum atomic E-state index is -1.01. The molecule has 3 atom stereocenters. The second kappa shape index (κ2) is 10.9. The monoisotopic (exact) mass is 520 g/mol. The molecule has 1 aromatic heterocycles. The summed E-state index contributed by atoms with van der Waals surface area (Å²) in [5.41, 5.74) is 3.48. The zero-order chi connectivity index (χ0) is 27.0. The fourth-order valence-corrected chi connectivity index (χ4v) is 7.07. The Labute approximate surface area is 222 Å². The SMILES string of the molecule is CC(=O)CC(=O)C1C(O)=C2C(=O)c3c(O)c(CC4CCCCC4)cc(-c4ccoc4)c3CC2CC1CCO. The summed E-state index contributed by atoms with van der Waals surface area (Å²) in [4.78, 5) is 38.8. The molecule has 1 fully saturated rings. The first-order chi connectivity index (χ1) is 18.3. The number of phenolic OH excluding ortho intramolecular Hbond substituents is 1. The molecule has 0 amide bonds. The van der Waals surface area contributed by atoms with Crippen molar-refractivity contribution >= 4 is 17.3 Å². The first kappa shape index (κ1) is 26.4. The molecule has 0 saturated heterocycles. The molecule has 0 aliphatic heterocycles. The molecule has 7 nitrogen and oxygen atoms in total. The van der Waals surface area contributed by atoms with Crippen molar-refractivity contribution < 1.29 is 34.1 Å². The Hall–Kier alpha value is -3.19. The lowest BCUT2D eigenvalue weighted by atomic mass is 9.64. The maximum atomic E-state index is 14.1. The predicted octanol–water partition coefficient (Wildman–Crippen LogP) is 5.51. The number of aromatic hydroxyl groups is 1. The number of aliphatic hydroxyl groups is 2. The van der Waals surface area contributed by atoms with Crippen molar-refractivity contribution in [3.8, 4) is 16.9 Å². The van der Waals surface area contributed by atoms with Gasteiger partial charge in [0, 0.05) is 17.7 Å². The van der Waals surface area contributed by atoms with Crippen LogP contribution in [0.25, 0.3) is 11.1 Å². The van der Waals surface area contributed by atoms with Crippen LogP contribution in [0.2, 0.25) is 0 Å². The van der Waals surface area contributed by atoms with Gasteiger partial charge in [0.25, 0.3) is 0 Å². The van der Waals surface area contributed by atoms with E-state index in [0.717, 1.165) is 47.9 Å². The van der Waals surface area contributed by atoms with Gasteiger partial charge in [-0.15, -0.1) is 0 Å². The van der Waals surface area contributed by atoms with Crippen LogP contribution in [0, 0.1) is 23.7 Å². The van der Waals surface area contributed by atoms with E-state index in [0.29, 0.717) is 25.2 Å². The fraction of sp³-hybridized carbons (Fsp3) is 0.516. The topological polar surface area (TPSA) is 125 Å². The van der Waals surface area contributed by atoms with Crippen LogP contribution in [0.15, 0.2) is 40.4 Å². The number of aliphatic hydroxyl groups excluding tert-OH is 2. The molecule has 202 valence electrons. The standard InChI is InChI=1S/C31H36O7/c1-17(33)11-25(34)26-19(7-9-32)13-21-14-24-23(20-8-10-38-16-20)15-22(12-18-5-3-2-4-6-18)29(35)28(24)31(37)27(21)30(26)36/h8,10,15-16,18-19,21,26,32,35-36H,2-7,9,11-14H2,1H3. The smallest absolute Gasteiger partial charge is 0.196 e. The normalized spacial score (nSPS) is 23.7. The lowest BCUT2D eigenvalue weighted by Crippen LogP contribution is -2.39. The second-order valence-corrected chi connectivity index (χ2v) is 11.4. The van der Waals surface area contributed by atoms with Crippen LogP contribution >= 0.6 is 0 Å². The Morgan fingerprint density at radius 1 is 1.13 bits per heavy atom. The zero-order valence-corrected chi connectivity index (χ0v) is 21.9. The van der Waals surface area contributed by atoms with E-state index in [-0.39, 0.29) is 59.7 Å². The Balaban J connectivity index is 1.63. The third-order valence-corrected chi connectivity index (χ3v) is 8.78. The summed E-state index contributed by atoms with van der Waals surface area (Å²) in [5.74, 6) is -2.86. The maximum Gasteiger partial charge on any atom is 0.196 e. The summed E-state index contributed by atoms with van der Waals surface area (Å²) in [6, 6.07) is 3.83. The van der Waals surface area contributed by atoms with E-state index < -0.39 is 17.5 Å². The summed E-state index contributed by atoms with van der Waals surface area (Å²) in [6.45, 7) is 1.15. The quantitative estimate of drug-likeness (QED) is 0.392. The Morgan fingerprint density at radius 3 is 2.55 bits per heavy atom. The lowest BCUT2D eigenvalue weighted by molar-refractivity contribution is -0.129. The number of Topliss-reactive ketones (excluding diaryl/α,β-unsaturated/α-hetero) is 3. The van der Waals surface area contributed by atoms with Gasteiger partial charge < -0.3 is 19.7 Å². The molecule has 3 aliphatic rings. The summed E-state index contributed by atoms with van der Waals surface area (Å²) in [6.07, 6.45) is 10.4. The largest absolute Gasteiger partial charge is 0.511 e. The minimum Gasteiger partial charge on any atom is -0.511 e. The molecule has 2 aromatic rings. The van der Waals surface area contributed by atoms with E-state index in [1.807, 2.05) is 12.1 Å². The third kappa shape index (κ3) is 4.84. The number of benzene rings is 1. The number of allylic oxidation sites excluding steroid dienone is 2. The maximum absolute atomic E-state index is 14.1. The van der Waals surface area contributed by atoms with Crippen LogP contribution in [0.3, 0.4) is 0 Å². The van der Waals surface area contributed by atoms with Gasteiger partial charge in [0.1, 0.15) is 17.3 Å². The number of hydrogen-bond acceptors (Lipinski definition) is 7. The van der Waals surface area contributed by atoms with Crippen LogP contribution in [0.1, 0.15) is 79.8 Å². The Bertz CT molecular complexity index is 1260. The van der Waals surface area contributed by atoms with Gasteiger partial charge in [0.05, 0.1) is 30.4 Å². The summed E-state index contributed by atoms with van der Waals surface area (Å²) < 4.78 is 5.36. The first-order valence-corrected chi connectivity index (χ1v) is 13.8. The molecule has 3 N–H and O–H groups in total. The van der Waals surface area contributed by atoms with Crippen molar-refractivity contribution in [3.63, 3.8) is 0 Å². The predicted molar refractivity (Wildman–Crippen MR) is 141 cm³/mol. The van der Waals surface area contributed by atoms with Crippen molar-refractivity contribution in [3.05, 3.63) is 52.7 Å². The van der Waals surface area contributed by atoms with Gasteiger partial charge in [0.2, 0.25) is 0 Å². The molecule has 3 aliphatic carbocycles. The molecule has 5 rings (SSSR count). The van der Waals surface area contributed by atoms with E-state index in [2.05, 4.69) is 0 Å². The Morgan fingerprint density at radius 2 is 1.89 bits per heavy atom. The van der Waals surface area contributed by atoms with E-state index in [9.17, 15) is 29.7 Å². The van der Waals surface area contributed by atoms with Crippen molar-refractivity contribution in [2.75, 3.05) is 6.61 Å². The second-order valence-electron chi connectivity index (χ2n) is 11.4. The van der Waals surface area contributed by atoms with Crippen molar-refractivity contribution in [1.29, 1.82) is 0 Å². The van der Waals surface area contributed by atoms with Crippen LogP contribution in [0.5, 0.6) is 5.75 Å². The number of furan rings is 1. The van der Waals surface area contributed by atoms with Gasteiger partial charge in [-0.05, 0) is 79.2 Å². The van der Waals surface area contributed by atoms with Gasteiger partial charge in [-0.3, -0.25) is 14.4 Å². The molecular formula is C31H36O7. The molecule has 0 spiro atoms. The zero-order valence-electron chi connectivity index (χ0n) is 21.9. The molecule has 0 radical (unpaired) electrons. The van der Waals surface area contributed by atoms with Crippen LogP contribution in [0.4, 0.5) is 0 Å². The van der Waals surface area contributed by atoms with Crippen LogP contribution in [-0.4, -0.2) is 39.3 Å². The molecule has 1 saturated carbocycles. The molecule has 1 aromatic carbocycles. The third-order valence-electron chi connectivity index (χ3n) is 8.78. The molecular weight excluding hydrogens is 484 g/mol. The highest BCUT2D eigenvalue weighted by Crippen LogP contribution is 2.50. The molecule has 38 heavy (non-hydrogen) atoms.